The van der Waals surface area contributed by atoms with E-state index in [1.165, 1.54) is 0 Å². The molecule has 0 fully saturated rings. The quantitative estimate of drug-likeness (QED) is 0.222. The summed E-state index contributed by atoms with van der Waals surface area (Å²) >= 11 is 11.7. The maximum Gasteiger partial charge on any atom is -0.0437 e. The van der Waals surface area contributed by atoms with E-state index in [2.05, 4.69) is 59.5 Å². The molecule has 0 saturated carbocycles. The van der Waals surface area contributed by atoms with Crippen LogP contribution in [0.4, 0.5) is 0 Å². The molecule has 0 heterocycles. The van der Waals surface area contributed by atoms with Crippen LogP contribution in [0.25, 0.3) is 0 Å². The predicted octanol–water partition coefficient (Wildman–Crippen LogP) is 78.1. The Hall–Kier alpha value is 1.56. The van der Waals surface area contributed by atoms with Gasteiger partial charge in [0.05, 0.1) is 0 Å². The monoisotopic (exact) mass is 2120 g/mol. The lowest BCUT2D eigenvalue weighted by Crippen LogP contribution is -0.399. The van der Waals surface area contributed by atoms with Crippen molar-refractivity contribution in [3.8, 4) is 0 Å². The Kier molecular flexibility index (Phi) is 639000000. The van der Waals surface area contributed by atoms with Crippen molar-refractivity contribution in [1.82, 2.24) is 0 Å². The summed E-state index contributed by atoms with van der Waals surface area (Å²) in [5, 5.41) is 0. The van der Waals surface area contributed by atoms with Crippen molar-refractivity contribution in [2.75, 3.05) is 0 Å². The van der Waals surface area contributed by atoms with E-state index in [-0.39, 0.29) is 891 Å². The highest BCUT2D eigenvalue weighted by Gasteiger charge is 0.660. The van der Waals surface area contributed by atoms with E-state index in [4.69, 9.17) is 0 Å². The first-order chi connectivity index (χ1) is 3.00. The summed E-state index contributed by atoms with van der Waals surface area (Å²) in [6.45, 7) is 0. The van der Waals surface area contributed by atoms with Crippen molar-refractivity contribution in [2.24, 2.45) is 0 Å². The molecule has 0 aromatic carbocycles. The largest absolute Gasteiger partial charge is 0.0776 e. The third-order valence-electron chi connectivity index (χ3n) is 0. The van der Waals surface area contributed by atoms with Crippen LogP contribution in [-0.2, 0) is 35.4 Å². The molecule has 0 saturated heterocycles. The standard InChI is InChI=1S/120CH4.3HPS/c;;;;;;;;;;;;;;;;;;;;;;;;;;;;;;;;;;;;;;;;;;;;;;;;;;;;;;;;;;;;;;;;;;;;;;;;;;;;;;;;;;;;;;;;;;;;;;;;;;;;;;;;;;;;;;;;;;;;;;;;3*1-2/h120*1H4;3*1H. The highest BCUT2D eigenvalue weighted by Crippen LogP contribution is 1.26. The van der Waals surface area contributed by atoms with Crippen molar-refractivity contribution >= 4 is 59.5 Å². The number of rotatable bonds is 0. The Balaban J connectivity index is -0.00000000000600. The molecule has 0 radical (unpaired) electrons. The summed E-state index contributed by atoms with van der Waals surface area (Å²) in [7, 11) is 7.67. The van der Waals surface area contributed by atoms with Crippen molar-refractivity contribution in [2.45, 2.75) is 891 Å². The SMILES string of the molecule is C.C.C.C.C.C.C.C.C.C.C.C.C.C.C.C.C.C.C.C.C.C.C.C.C.C.C.C.C.C.C.C.C.C.C.C.C.C.C.C.C.C.C.C.C.C.C.C.C.C.C.C.C.C.C.C.C.C.C.C.C.C.C.C.C.C.C.C.C.C.C.C.C.C.C.C.C.C.C.C.C.C.C.C.C.C.C.C.C.C.C.C.C.C.C.C.C.C.C.C.C.C.C.C.C.C.C.C.C.C.C.C.C.C.C.C.C.C.C.C.P=S.P=S.P=S. The first-order valence-corrected chi connectivity index (χ1v) is 5.51. The van der Waals surface area contributed by atoms with E-state index in [1.807, 2.05) is 0 Å². The van der Waals surface area contributed by atoms with Gasteiger partial charge in [0.1, 0.15) is 0 Å². The van der Waals surface area contributed by atoms with Crippen LogP contribution in [0.15, 0.2) is 0 Å². The van der Waals surface area contributed by atoms with Gasteiger partial charge in [-0.15, -0.1) is 0 Å². The Morgan fingerprint density at radius 3 is 0.0317 bits per heavy atom. The molecule has 126 heavy (non-hydrogen) atoms. The summed E-state index contributed by atoms with van der Waals surface area (Å²) in [5.74, 6) is 0. The maximum absolute atomic E-state index is 3.89. The molecule has 0 unspecified atom stereocenters. The molecule has 6 heteroatoms. The molecule has 0 aliphatic heterocycles. The summed E-state index contributed by atoms with van der Waals surface area (Å²) in [6.07, 6.45) is 0. The second kappa shape index (κ2) is 820000. The fourth-order valence-corrected chi connectivity index (χ4v) is 0. The Morgan fingerprint density at radius 1 is 0.0317 bits per heavy atom. The van der Waals surface area contributed by atoms with Gasteiger partial charge in [0, 0.05) is 0 Å². The van der Waals surface area contributed by atoms with Gasteiger partial charge < -0.3 is 0 Å². The zero-order valence-corrected chi connectivity index (χ0v) is 8.17. The fourth-order valence-electron chi connectivity index (χ4n) is 0. The van der Waals surface area contributed by atoms with Crippen LogP contribution in [0.3, 0.4) is 0 Å². The number of hydrogen-bond acceptors (Lipinski definition) is 3. The minimum absolute atomic E-state index is 0. The molecule has 0 aromatic heterocycles. The van der Waals surface area contributed by atoms with Crippen molar-refractivity contribution < 1.29 is 0 Å². The smallest absolute Gasteiger partial charge is 0.0437 e. The van der Waals surface area contributed by atoms with Gasteiger partial charge in [-0.05, 0) is 24.0 Å². The Labute approximate surface area is 944 Å². The molecule has 0 aliphatic carbocycles. The molecule has 0 amide bonds. The van der Waals surface area contributed by atoms with Crippen LogP contribution < -0.4 is 0 Å². The van der Waals surface area contributed by atoms with Gasteiger partial charge in [-0.2, -0.15) is 0 Å². The summed E-state index contributed by atoms with van der Waals surface area (Å²) in [6, 6.07) is 0. The van der Waals surface area contributed by atoms with E-state index in [0.29, 0.717) is 0 Å². The van der Waals surface area contributed by atoms with E-state index in [9.17, 15) is 0 Å². The van der Waals surface area contributed by atoms with Crippen molar-refractivity contribution in [3.63, 3.8) is 0 Å². The normalized spacial score (nSPS) is 0.0952. The average Bonchev–Trinajstić information content (AvgIpc) is 1.81. The zero-order chi connectivity index (χ0) is 6.00. The zero-order valence-electron chi connectivity index (χ0n) is 2.72. The van der Waals surface area contributed by atoms with Gasteiger partial charge >= 0.3 is 0 Å². The predicted molar refractivity (Wildman–Crippen MR) is 855 cm³/mol. The van der Waals surface area contributed by atoms with Gasteiger partial charge in [-0.25, -0.2) is 0 Å². The maximum atomic E-state index is 3.89. The first kappa shape index (κ1) is 98300. The molecule has 0 atom stereocenters. The summed E-state index contributed by atoms with van der Waals surface area (Å²) in [5.41, 5.74) is 0. The second-order valence-corrected chi connectivity index (χ2v) is 0. The topological polar surface area (TPSA) is 0 Å². The van der Waals surface area contributed by atoms with Crippen molar-refractivity contribution in [1.29, 1.82) is 0 Å². The second-order valence-electron chi connectivity index (χ2n) is 0. The van der Waals surface area contributed by atoms with E-state index in [0.717, 1.165) is 0 Å². The molecule has 0 spiro atoms. The molecule has 0 bridgehead atoms. The van der Waals surface area contributed by atoms with E-state index < -0.39 is 0 Å². The van der Waals surface area contributed by atoms with Gasteiger partial charge in [0.15, 0.2) is 0 Å². The van der Waals surface area contributed by atoms with Crippen molar-refractivity contribution in [3.05, 3.63) is 0 Å². The minimum atomic E-state index is 0. The van der Waals surface area contributed by atoms with Gasteiger partial charge in [0.2, 0.25) is 0 Å². The third-order valence-corrected chi connectivity index (χ3v) is 0. The molecule has 996 valence electrons. The average molecular weight is 2120 g/mol. The first-order valence-electron chi connectivity index (χ1n) is 0.612. The molecule has 0 aromatic rings. The lowest BCUT2D eigenvalue weighted by molar-refractivity contribution is 2.50. The Bertz CT molecular complexity index is 45.6. The third kappa shape index (κ3) is 800000. The minimum Gasteiger partial charge on any atom is -0.0776 e. The van der Waals surface area contributed by atoms with Gasteiger partial charge in [0.25, 0.3) is 0 Å². The lowest BCUT2D eigenvalue weighted by Gasteiger charge is -0.760. The van der Waals surface area contributed by atoms with Crippen LogP contribution in [0.2, 0.25) is 0 Å². The lowest BCUT2D eigenvalue weighted by atomic mass is 12.0. The highest BCUT2D eigenvalue weighted by molar-refractivity contribution is 7.89. The van der Waals surface area contributed by atoms with Crippen LogP contribution in [0.1, 0.15) is 891 Å². The summed E-state index contributed by atoms with van der Waals surface area (Å²) in [4.78, 5) is 0. The van der Waals surface area contributed by atoms with E-state index >= 15 is 0 Å². The molecule has 0 N–H and O–H groups in total. The van der Waals surface area contributed by atoms with Crippen LogP contribution >= 0.6 is 24.0 Å². The molecular formula is C120H483P3S3. The molecule has 0 rings (SSSR count). The molecule has 0 nitrogen and oxygen atoms in total. The van der Waals surface area contributed by atoms with Gasteiger partial charge in [-0.3, -0.25) is 0 Å². The molecular weight excluding hydrogens is 1630 g/mol. The van der Waals surface area contributed by atoms with E-state index in [1.54, 1.807) is 0 Å². The van der Waals surface area contributed by atoms with Crippen LogP contribution in [-0.4, -0.2) is 0 Å². The fraction of sp³-hybridized carbons (Fsp3) is 1.00. The molecule has 0 aliphatic rings. The van der Waals surface area contributed by atoms with Crippen LogP contribution in [0.5, 0.6) is 0 Å². The highest BCUT2D eigenvalue weighted by atomic mass is 32.4. The number of hydrogen-bond donors (Lipinski definition) is 0. The Morgan fingerprint density at radius 2 is 0.0317 bits per heavy atom. The summed E-state index contributed by atoms with van der Waals surface area (Å²) < 4.78 is 0. The van der Waals surface area contributed by atoms with Gasteiger partial charge in [-0.1, -0.05) is 927 Å². The van der Waals surface area contributed by atoms with Crippen LogP contribution in [0, 0.1) is 0 Å².